The Morgan fingerprint density at radius 2 is 2.17 bits per heavy atom. The zero-order valence-corrected chi connectivity index (χ0v) is 16.1. The minimum absolute atomic E-state index is 0.0328. The van der Waals surface area contributed by atoms with Crippen molar-refractivity contribution in [2.45, 2.75) is 43.9 Å². The van der Waals surface area contributed by atoms with Gasteiger partial charge in [0.1, 0.15) is 0 Å². The van der Waals surface area contributed by atoms with Gasteiger partial charge in [0, 0.05) is 12.0 Å². The number of benzene rings is 1. The first kappa shape index (κ1) is 17.8. The van der Waals surface area contributed by atoms with Crippen LogP contribution in [0.25, 0.3) is 10.2 Å². The fraction of sp³-hybridized carbons (Fsp3) is 0.588. The van der Waals surface area contributed by atoms with Crippen LogP contribution in [0.2, 0.25) is 0 Å². The molecule has 0 saturated carbocycles. The topological polar surface area (TPSA) is 71.1 Å². The van der Waals surface area contributed by atoms with E-state index in [4.69, 9.17) is 0 Å². The predicted molar refractivity (Wildman–Crippen MR) is 99.1 cm³/mol. The highest BCUT2D eigenvalue weighted by Gasteiger charge is 2.22. The van der Waals surface area contributed by atoms with Gasteiger partial charge in [0.05, 0.1) is 20.1 Å². The number of rotatable bonds is 4. The van der Waals surface area contributed by atoms with Crippen LogP contribution in [-0.2, 0) is 15.4 Å². The number of hydrogen-bond donors (Lipinski definition) is 2. The SMILES string of the molecule is CC(C)(C)c1nc2ccc(S(=O)(=O)NCC3CCCNC3)cc2s1. The van der Waals surface area contributed by atoms with Crippen molar-refractivity contribution >= 4 is 31.6 Å². The molecule has 0 radical (unpaired) electrons. The van der Waals surface area contributed by atoms with Crippen molar-refractivity contribution in [2.75, 3.05) is 19.6 Å². The van der Waals surface area contributed by atoms with E-state index in [0.717, 1.165) is 41.2 Å². The lowest BCUT2D eigenvalue weighted by Gasteiger charge is -2.22. The van der Waals surface area contributed by atoms with Crippen LogP contribution in [-0.4, -0.2) is 33.0 Å². The molecule has 0 bridgehead atoms. The number of sulfonamides is 1. The van der Waals surface area contributed by atoms with E-state index in [1.165, 1.54) is 0 Å². The quantitative estimate of drug-likeness (QED) is 0.872. The predicted octanol–water partition coefficient (Wildman–Crippen LogP) is 2.87. The maximum atomic E-state index is 12.6. The van der Waals surface area contributed by atoms with E-state index in [-0.39, 0.29) is 5.41 Å². The number of nitrogens with zero attached hydrogens (tertiary/aromatic N) is 1. The number of piperidine rings is 1. The van der Waals surface area contributed by atoms with Gasteiger partial charge in [0.15, 0.2) is 0 Å². The van der Waals surface area contributed by atoms with Crippen molar-refractivity contribution in [3.63, 3.8) is 0 Å². The van der Waals surface area contributed by atoms with Crippen molar-refractivity contribution in [1.29, 1.82) is 0 Å². The van der Waals surface area contributed by atoms with Crippen molar-refractivity contribution in [3.05, 3.63) is 23.2 Å². The summed E-state index contributed by atoms with van der Waals surface area (Å²) in [5.41, 5.74) is 0.829. The van der Waals surface area contributed by atoms with Gasteiger partial charge in [-0.05, 0) is 50.0 Å². The molecule has 1 aliphatic rings. The molecule has 1 unspecified atom stereocenters. The zero-order chi connectivity index (χ0) is 17.4. The van der Waals surface area contributed by atoms with Gasteiger partial charge in [-0.3, -0.25) is 0 Å². The number of hydrogen-bond acceptors (Lipinski definition) is 5. The van der Waals surface area contributed by atoms with E-state index >= 15 is 0 Å². The molecule has 2 N–H and O–H groups in total. The Morgan fingerprint density at radius 3 is 2.83 bits per heavy atom. The summed E-state index contributed by atoms with van der Waals surface area (Å²) in [6.45, 7) is 8.74. The highest BCUT2D eigenvalue weighted by Crippen LogP contribution is 2.32. The molecule has 3 rings (SSSR count). The minimum Gasteiger partial charge on any atom is -0.316 e. The fourth-order valence-corrected chi connectivity index (χ4v) is 5.08. The van der Waals surface area contributed by atoms with Crippen LogP contribution in [0.3, 0.4) is 0 Å². The van der Waals surface area contributed by atoms with Gasteiger partial charge in [-0.1, -0.05) is 20.8 Å². The number of thiazole rings is 1. The molecule has 2 heterocycles. The molecule has 0 aliphatic carbocycles. The van der Waals surface area contributed by atoms with Crippen molar-refractivity contribution in [2.24, 2.45) is 5.92 Å². The van der Waals surface area contributed by atoms with Crippen LogP contribution < -0.4 is 10.0 Å². The summed E-state index contributed by atoms with van der Waals surface area (Å²) < 4.78 is 28.8. The van der Waals surface area contributed by atoms with E-state index in [2.05, 4.69) is 35.8 Å². The Morgan fingerprint density at radius 1 is 1.38 bits per heavy atom. The lowest BCUT2D eigenvalue weighted by molar-refractivity contribution is 0.376. The van der Waals surface area contributed by atoms with Gasteiger partial charge < -0.3 is 5.32 Å². The maximum absolute atomic E-state index is 12.6. The van der Waals surface area contributed by atoms with Gasteiger partial charge in [-0.25, -0.2) is 18.1 Å². The molecule has 1 atom stereocenters. The van der Waals surface area contributed by atoms with Crippen LogP contribution in [0.15, 0.2) is 23.1 Å². The Balaban J connectivity index is 1.79. The minimum atomic E-state index is -3.48. The van der Waals surface area contributed by atoms with Gasteiger partial charge in [0.25, 0.3) is 0 Å². The summed E-state index contributed by atoms with van der Waals surface area (Å²) in [6.07, 6.45) is 2.17. The third-order valence-electron chi connectivity index (χ3n) is 4.27. The van der Waals surface area contributed by atoms with E-state index in [1.807, 2.05) is 0 Å². The third-order valence-corrected chi connectivity index (χ3v) is 7.14. The molecule has 1 aromatic carbocycles. The smallest absolute Gasteiger partial charge is 0.240 e. The van der Waals surface area contributed by atoms with E-state index < -0.39 is 10.0 Å². The van der Waals surface area contributed by atoms with Crippen LogP contribution in [0.1, 0.15) is 38.6 Å². The molecule has 24 heavy (non-hydrogen) atoms. The molecule has 132 valence electrons. The van der Waals surface area contributed by atoms with Crippen LogP contribution >= 0.6 is 11.3 Å². The standard InChI is InChI=1S/C17H25N3O2S2/c1-17(2,3)16-20-14-7-6-13(9-15(14)23-16)24(21,22)19-11-12-5-4-8-18-10-12/h6-7,9,12,18-19H,4-5,8,10-11H2,1-3H3. The van der Waals surface area contributed by atoms with Gasteiger partial charge in [-0.2, -0.15) is 0 Å². The molecule has 0 spiro atoms. The number of nitrogens with one attached hydrogen (secondary N) is 2. The van der Waals surface area contributed by atoms with Crippen molar-refractivity contribution in [3.8, 4) is 0 Å². The summed E-state index contributed by atoms with van der Waals surface area (Å²) in [5, 5.41) is 4.33. The first-order chi connectivity index (χ1) is 11.3. The molecular formula is C17H25N3O2S2. The summed E-state index contributed by atoms with van der Waals surface area (Å²) in [6, 6.07) is 5.19. The first-order valence-corrected chi connectivity index (χ1v) is 10.7. The molecule has 7 heteroatoms. The fourth-order valence-electron chi connectivity index (χ4n) is 2.80. The highest BCUT2D eigenvalue weighted by atomic mass is 32.2. The van der Waals surface area contributed by atoms with Crippen molar-refractivity contribution in [1.82, 2.24) is 15.0 Å². The third kappa shape index (κ3) is 3.96. The summed E-state index contributed by atoms with van der Waals surface area (Å²) in [7, 11) is -3.48. The average molecular weight is 368 g/mol. The van der Waals surface area contributed by atoms with Gasteiger partial charge in [0.2, 0.25) is 10.0 Å². The van der Waals surface area contributed by atoms with Crippen LogP contribution in [0, 0.1) is 5.92 Å². The first-order valence-electron chi connectivity index (χ1n) is 8.37. The van der Waals surface area contributed by atoms with E-state index in [9.17, 15) is 8.42 Å². The Bertz CT molecular complexity index is 816. The van der Waals surface area contributed by atoms with E-state index in [1.54, 1.807) is 29.5 Å². The van der Waals surface area contributed by atoms with Crippen LogP contribution in [0.4, 0.5) is 0 Å². The Hall–Kier alpha value is -1.02. The molecule has 1 aromatic heterocycles. The number of fused-ring (bicyclic) bond motifs is 1. The largest absolute Gasteiger partial charge is 0.316 e. The number of aromatic nitrogens is 1. The average Bonchev–Trinajstić information content (AvgIpc) is 2.97. The monoisotopic (exact) mass is 367 g/mol. The summed E-state index contributed by atoms with van der Waals surface area (Å²) in [5.74, 6) is 0.369. The van der Waals surface area contributed by atoms with Crippen molar-refractivity contribution < 1.29 is 8.42 Å². The molecule has 1 aliphatic heterocycles. The summed E-state index contributed by atoms with van der Waals surface area (Å²) in [4.78, 5) is 4.94. The molecule has 5 nitrogen and oxygen atoms in total. The summed E-state index contributed by atoms with van der Waals surface area (Å²) >= 11 is 1.57. The van der Waals surface area contributed by atoms with Gasteiger partial charge in [-0.15, -0.1) is 11.3 Å². The lowest BCUT2D eigenvalue weighted by Crippen LogP contribution is -2.38. The molecule has 2 aromatic rings. The second-order valence-electron chi connectivity index (χ2n) is 7.46. The normalized spacial score (nSPS) is 19.7. The molecule has 0 amide bonds. The highest BCUT2D eigenvalue weighted by molar-refractivity contribution is 7.89. The molecule has 1 fully saturated rings. The Labute approximate surface area is 147 Å². The lowest BCUT2D eigenvalue weighted by atomic mass is 9.98. The van der Waals surface area contributed by atoms with Gasteiger partial charge >= 0.3 is 0 Å². The zero-order valence-electron chi connectivity index (χ0n) is 14.4. The van der Waals surface area contributed by atoms with E-state index in [0.29, 0.717) is 17.4 Å². The molecule has 1 saturated heterocycles. The molecular weight excluding hydrogens is 342 g/mol. The Kier molecular flexibility index (Phi) is 4.97. The maximum Gasteiger partial charge on any atom is 0.240 e. The van der Waals surface area contributed by atoms with Crippen LogP contribution in [0.5, 0.6) is 0 Å². The second kappa shape index (κ2) is 6.71. The second-order valence-corrected chi connectivity index (χ2v) is 10.3.